The first-order chi connectivity index (χ1) is 16.4. The number of rotatable bonds is 8. The average molecular weight is 466 g/mol. The van der Waals surface area contributed by atoms with E-state index in [9.17, 15) is 4.79 Å². The molecule has 0 atom stereocenters. The number of nitrogen functional groups attached to an aromatic ring is 1. The van der Waals surface area contributed by atoms with Crippen LogP contribution in [0.5, 0.6) is 5.75 Å². The van der Waals surface area contributed by atoms with Gasteiger partial charge in [-0.1, -0.05) is 17.3 Å². The molecule has 0 saturated heterocycles. The summed E-state index contributed by atoms with van der Waals surface area (Å²) in [5, 5.41) is 16.0. The van der Waals surface area contributed by atoms with E-state index >= 15 is 0 Å². The molecule has 3 aromatic rings. The molecule has 9 heteroatoms. The van der Waals surface area contributed by atoms with Crippen molar-refractivity contribution in [1.29, 1.82) is 0 Å². The molecule has 9 nitrogen and oxygen atoms in total. The maximum Gasteiger partial charge on any atom is 0.258 e. The van der Waals surface area contributed by atoms with E-state index in [0.717, 1.165) is 24.0 Å². The molecule has 34 heavy (non-hydrogen) atoms. The zero-order chi connectivity index (χ0) is 24.1. The summed E-state index contributed by atoms with van der Waals surface area (Å²) in [6.45, 7) is 5.90. The molecule has 0 aliphatic carbocycles. The molecular weight excluding hydrogens is 434 g/mol. The molecule has 1 aromatic heterocycles. The molecule has 0 spiro atoms. The molecule has 4 rings (SSSR count). The highest BCUT2D eigenvalue weighted by atomic mass is 16.5. The number of benzene rings is 2. The first kappa shape index (κ1) is 23.7. The molecular formula is C25H31N5O4. The van der Waals surface area contributed by atoms with Crippen LogP contribution in [0.25, 0.3) is 22.8 Å². The minimum absolute atomic E-state index is 0.0184. The Bertz CT molecular complexity index is 1140. The van der Waals surface area contributed by atoms with Crippen molar-refractivity contribution >= 4 is 11.6 Å². The number of hydrogen-bond acceptors (Lipinski definition) is 8. The number of nitrogens with two attached hydrogens (primary N) is 1. The molecule has 1 amide bonds. The molecule has 0 unspecified atom stereocenters. The molecule has 4 N–H and O–H groups in total. The van der Waals surface area contributed by atoms with Crippen molar-refractivity contribution in [2.45, 2.75) is 32.8 Å². The van der Waals surface area contributed by atoms with Gasteiger partial charge in [-0.3, -0.25) is 4.79 Å². The van der Waals surface area contributed by atoms with Crippen molar-refractivity contribution in [3.8, 4) is 28.6 Å². The first-order valence-electron chi connectivity index (χ1n) is 11.6. The quantitative estimate of drug-likeness (QED) is 0.342. The second-order valence-electron chi connectivity index (χ2n) is 8.61. The van der Waals surface area contributed by atoms with Crippen LogP contribution in [0.2, 0.25) is 0 Å². The molecule has 1 aliphatic rings. The van der Waals surface area contributed by atoms with E-state index in [0.29, 0.717) is 42.8 Å². The Morgan fingerprint density at radius 1 is 1.18 bits per heavy atom. The normalized spacial score (nSPS) is 13.6. The maximum atomic E-state index is 12.4. The number of anilines is 1. The minimum Gasteiger partial charge on any atom is -0.489 e. The third kappa shape index (κ3) is 5.55. The third-order valence-electron chi connectivity index (χ3n) is 5.73. The zero-order valence-corrected chi connectivity index (χ0v) is 19.6. The Hall–Kier alpha value is -3.43. The van der Waals surface area contributed by atoms with Crippen LogP contribution in [-0.2, 0) is 17.6 Å². The van der Waals surface area contributed by atoms with Gasteiger partial charge in [-0.25, -0.2) is 0 Å². The Morgan fingerprint density at radius 2 is 1.94 bits per heavy atom. The van der Waals surface area contributed by atoms with Gasteiger partial charge in [-0.15, -0.1) is 0 Å². The number of fused-ring (bicyclic) bond motifs is 1. The van der Waals surface area contributed by atoms with Gasteiger partial charge in [-0.2, -0.15) is 4.98 Å². The van der Waals surface area contributed by atoms with Crippen molar-refractivity contribution in [2.24, 2.45) is 0 Å². The SMILES string of the molecule is CC(C)Oc1ccc(-c2nc(-c3ccc4c(c3)CCN(C(=O)CNCCO)CC4)no2)cc1N. The van der Waals surface area contributed by atoms with Gasteiger partial charge in [0.05, 0.1) is 24.9 Å². The lowest BCUT2D eigenvalue weighted by atomic mass is 10.00. The molecule has 2 aromatic carbocycles. The molecule has 0 fully saturated rings. The summed E-state index contributed by atoms with van der Waals surface area (Å²) in [6.07, 6.45) is 1.58. The number of aromatic nitrogens is 2. The number of aliphatic hydroxyl groups is 1. The summed E-state index contributed by atoms with van der Waals surface area (Å²) < 4.78 is 11.2. The third-order valence-corrected chi connectivity index (χ3v) is 5.73. The Balaban J connectivity index is 1.47. The highest BCUT2D eigenvalue weighted by Gasteiger charge is 2.20. The number of aliphatic hydroxyl groups excluding tert-OH is 1. The number of nitrogens with one attached hydrogen (secondary N) is 1. The minimum atomic E-state index is 0.0184. The van der Waals surface area contributed by atoms with Crippen molar-refractivity contribution in [2.75, 3.05) is 38.5 Å². The lowest BCUT2D eigenvalue weighted by Crippen LogP contribution is -2.40. The number of ether oxygens (including phenoxy) is 1. The molecule has 0 bridgehead atoms. The molecule has 0 saturated carbocycles. The summed E-state index contributed by atoms with van der Waals surface area (Å²) in [7, 11) is 0. The van der Waals surface area contributed by atoms with Gasteiger partial charge in [-0.05, 0) is 62.1 Å². The predicted octanol–water partition coefficient (Wildman–Crippen LogP) is 2.28. The van der Waals surface area contributed by atoms with Crippen molar-refractivity contribution in [3.05, 3.63) is 47.5 Å². The van der Waals surface area contributed by atoms with Gasteiger partial charge in [0.15, 0.2) is 0 Å². The Kier molecular flexibility index (Phi) is 7.44. The molecule has 1 aliphatic heterocycles. The van der Waals surface area contributed by atoms with Gasteiger partial charge in [0, 0.05) is 30.8 Å². The lowest BCUT2D eigenvalue weighted by Gasteiger charge is -2.20. The summed E-state index contributed by atoms with van der Waals surface area (Å²) >= 11 is 0. The molecule has 0 radical (unpaired) electrons. The highest BCUT2D eigenvalue weighted by molar-refractivity contribution is 5.78. The van der Waals surface area contributed by atoms with Crippen LogP contribution in [0.1, 0.15) is 25.0 Å². The largest absolute Gasteiger partial charge is 0.489 e. The fourth-order valence-corrected chi connectivity index (χ4v) is 4.00. The van der Waals surface area contributed by atoms with Crippen LogP contribution in [0.4, 0.5) is 5.69 Å². The molecule has 180 valence electrons. The van der Waals surface area contributed by atoms with Crippen LogP contribution >= 0.6 is 0 Å². The van der Waals surface area contributed by atoms with E-state index in [-0.39, 0.29) is 25.2 Å². The van der Waals surface area contributed by atoms with E-state index in [1.807, 2.05) is 36.9 Å². The number of carbonyl (C=O) groups is 1. The summed E-state index contributed by atoms with van der Waals surface area (Å²) in [5.41, 5.74) is 10.6. The predicted molar refractivity (Wildman–Crippen MR) is 129 cm³/mol. The summed E-state index contributed by atoms with van der Waals surface area (Å²) in [6, 6.07) is 11.6. The van der Waals surface area contributed by atoms with E-state index < -0.39 is 0 Å². The summed E-state index contributed by atoms with van der Waals surface area (Å²) in [4.78, 5) is 18.9. The number of amides is 1. The van der Waals surface area contributed by atoms with Gasteiger partial charge >= 0.3 is 0 Å². The average Bonchev–Trinajstić information content (AvgIpc) is 3.21. The van der Waals surface area contributed by atoms with Crippen LogP contribution < -0.4 is 15.8 Å². The van der Waals surface area contributed by atoms with Crippen LogP contribution in [0, 0.1) is 0 Å². The first-order valence-corrected chi connectivity index (χ1v) is 11.6. The summed E-state index contributed by atoms with van der Waals surface area (Å²) in [5.74, 6) is 1.57. The topological polar surface area (TPSA) is 127 Å². The molecule has 2 heterocycles. The smallest absolute Gasteiger partial charge is 0.258 e. The second-order valence-corrected chi connectivity index (χ2v) is 8.61. The number of carbonyl (C=O) groups excluding carboxylic acids is 1. The van der Waals surface area contributed by atoms with Gasteiger partial charge in [0.1, 0.15) is 5.75 Å². The standard InChI is InChI=1S/C25H31N5O4/c1-16(2)33-22-6-5-20(14-21(22)26)25-28-24(29-34-25)19-4-3-17-7-10-30(11-8-18(17)13-19)23(32)15-27-9-12-31/h3-6,13-14,16,27,31H,7-12,15,26H2,1-2H3. The lowest BCUT2D eigenvalue weighted by molar-refractivity contribution is -0.130. The zero-order valence-electron chi connectivity index (χ0n) is 19.6. The van der Waals surface area contributed by atoms with E-state index in [1.165, 1.54) is 11.1 Å². The van der Waals surface area contributed by atoms with Gasteiger partial charge in [0.2, 0.25) is 11.7 Å². The Morgan fingerprint density at radius 3 is 2.68 bits per heavy atom. The monoisotopic (exact) mass is 465 g/mol. The Labute approximate surface area is 198 Å². The van der Waals surface area contributed by atoms with Crippen LogP contribution in [0.3, 0.4) is 0 Å². The van der Waals surface area contributed by atoms with Gasteiger partial charge < -0.3 is 30.3 Å². The second kappa shape index (κ2) is 10.7. The van der Waals surface area contributed by atoms with E-state index in [2.05, 4.69) is 27.6 Å². The van der Waals surface area contributed by atoms with Crippen molar-refractivity contribution in [3.63, 3.8) is 0 Å². The maximum absolute atomic E-state index is 12.4. The number of nitrogens with zero attached hydrogens (tertiary/aromatic N) is 3. The number of hydrogen-bond donors (Lipinski definition) is 3. The fourth-order valence-electron chi connectivity index (χ4n) is 4.00. The van der Waals surface area contributed by atoms with E-state index in [1.54, 1.807) is 6.07 Å². The van der Waals surface area contributed by atoms with Crippen molar-refractivity contribution in [1.82, 2.24) is 20.4 Å². The van der Waals surface area contributed by atoms with E-state index in [4.69, 9.17) is 20.1 Å². The van der Waals surface area contributed by atoms with Crippen molar-refractivity contribution < 1.29 is 19.2 Å². The van der Waals surface area contributed by atoms with Crippen LogP contribution in [0.15, 0.2) is 40.9 Å². The van der Waals surface area contributed by atoms with Gasteiger partial charge in [0.25, 0.3) is 5.89 Å². The highest BCUT2D eigenvalue weighted by Crippen LogP contribution is 2.30. The van der Waals surface area contributed by atoms with Crippen LogP contribution in [-0.4, -0.2) is 64.9 Å². The fraction of sp³-hybridized carbons (Fsp3) is 0.400.